The van der Waals surface area contributed by atoms with E-state index in [9.17, 15) is 9.59 Å². The Bertz CT molecular complexity index is 1240. The summed E-state index contributed by atoms with van der Waals surface area (Å²) in [5.74, 6) is 1.29. The SMILES string of the molecule is Cc1ccc(-c2noc(C(C)N3CCN(C(=O)CN4C(=O)COc5ccc(Cl)cc54)CC3)n2)cc1. The number of fused-ring (bicyclic) bond motifs is 1. The number of hydrogen-bond donors (Lipinski definition) is 0. The molecule has 1 atom stereocenters. The van der Waals surface area contributed by atoms with E-state index in [-0.39, 0.29) is 31.0 Å². The Labute approximate surface area is 208 Å². The third-order valence-corrected chi connectivity index (χ3v) is 6.72. The summed E-state index contributed by atoms with van der Waals surface area (Å²) in [5.41, 5.74) is 2.60. The van der Waals surface area contributed by atoms with E-state index in [2.05, 4.69) is 15.0 Å². The van der Waals surface area contributed by atoms with Crippen molar-refractivity contribution in [3.05, 3.63) is 58.9 Å². The van der Waals surface area contributed by atoms with Gasteiger partial charge in [-0.15, -0.1) is 0 Å². The number of aryl methyl sites for hydroxylation is 1. The van der Waals surface area contributed by atoms with Crippen molar-refractivity contribution in [3.63, 3.8) is 0 Å². The van der Waals surface area contributed by atoms with E-state index < -0.39 is 0 Å². The zero-order chi connectivity index (χ0) is 24.5. The smallest absolute Gasteiger partial charge is 0.265 e. The highest BCUT2D eigenvalue weighted by Crippen LogP contribution is 2.34. The number of halogens is 1. The molecular weight excluding hydrogens is 470 g/mol. The van der Waals surface area contributed by atoms with Crippen LogP contribution in [0.2, 0.25) is 5.02 Å². The molecule has 0 saturated carbocycles. The topological polar surface area (TPSA) is 92.0 Å². The average Bonchev–Trinajstić information content (AvgIpc) is 3.36. The minimum atomic E-state index is -0.263. The molecule has 1 unspecified atom stereocenters. The molecule has 2 amide bonds. The highest BCUT2D eigenvalue weighted by Gasteiger charge is 2.32. The maximum absolute atomic E-state index is 13.0. The summed E-state index contributed by atoms with van der Waals surface area (Å²) in [4.78, 5) is 35.5. The second-order valence-electron chi connectivity index (χ2n) is 8.80. The highest BCUT2D eigenvalue weighted by molar-refractivity contribution is 6.31. The van der Waals surface area contributed by atoms with E-state index in [0.717, 1.165) is 5.56 Å². The van der Waals surface area contributed by atoms with Crippen molar-refractivity contribution < 1.29 is 18.8 Å². The van der Waals surface area contributed by atoms with Gasteiger partial charge in [-0.25, -0.2) is 0 Å². The number of ether oxygens (including phenoxy) is 1. The van der Waals surface area contributed by atoms with Crippen LogP contribution in [-0.4, -0.2) is 71.1 Å². The number of hydrogen-bond acceptors (Lipinski definition) is 7. The Morgan fingerprint density at radius 3 is 2.60 bits per heavy atom. The molecule has 0 bridgehead atoms. The molecule has 35 heavy (non-hydrogen) atoms. The average molecular weight is 496 g/mol. The zero-order valence-corrected chi connectivity index (χ0v) is 20.4. The second kappa shape index (κ2) is 9.67. The van der Waals surface area contributed by atoms with Gasteiger partial charge < -0.3 is 14.2 Å². The summed E-state index contributed by atoms with van der Waals surface area (Å²) in [5, 5.41) is 4.62. The zero-order valence-electron chi connectivity index (χ0n) is 19.6. The van der Waals surface area contributed by atoms with E-state index in [1.807, 2.05) is 38.1 Å². The molecule has 0 N–H and O–H groups in total. The molecule has 10 heteroatoms. The first kappa shape index (κ1) is 23.3. The van der Waals surface area contributed by atoms with Gasteiger partial charge in [0.05, 0.1) is 11.7 Å². The molecule has 2 aromatic carbocycles. The van der Waals surface area contributed by atoms with Gasteiger partial charge in [-0.1, -0.05) is 46.6 Å². The van der Waals surface area contributed by atoms with Crippen molar-refractivity contribution in [2.75, 3.05) is 44.2 Å². The van der Waals surface area contributed by atoms with Gasteiger partial charge in [0.2, 0.25) is 17.6 Å². The molecule has 1 saturated heterocycles. The maximum atomic E-state index is 13.0. The molecule has 2 aliphatic rings. The molecule has 1 aromatic heterocycles. The van der Waals surface area contributed by atoms with E-state index in [1.165, 1.54) is 10.5 Å². The van der Waals surface area contributed by atoms with Gasteiger partial charge in [0, 0.05) is 36.8 Å². The van der Waals surface area contributed by atoms with Crippen molar-refractivity contribution in [1.29, 1.82) is 0 Å². The van der Waals surface area contributed by atoms with Crippen LogP contribution in [0.1, 0.15) is 24.4 Å². The minimum absolute atomic E-state index is 0.0470. The van der Waals surface area contributed by atoms with Crippen LogP contribution in [0, 0.1) is 6.92 Å². The Morgan fingerprint density at radius 1 is 1.11 bits per heavy atom. The van der Waals surface area contributed by atoms with Gasteiger partial charge >= 0.3 is 0 Å². The van der Waals surface area contributed by atoms with Crippen LogP contribution < -0.4 is 9.64 Å². The molecular formula is C25H26ClN5O4. The molecule has 182 valence electrons. The number of anilines is 1. The Balaban J connectivity index is 1.19. The lowest BCUT2D eigenvalue weighted by Gasteiger charge is -2.38. The van der Waals surface area contributed by atoms with Crippen LogP contribution in [0.4, 0.5) is 5.69 Å². The Hall–Kier alpha value is -3.43. The molecule has 0 aliphatic carbocycles. The Morgan fingerprint density at radius 2 is 1.86 bits per heavy atom. The lowest BCUT2D eigenvalue weighted by Crippen LogP contribution is -2.53. The van der Waals surface area contributed by atoms with Crippen LogP contribution in [0.3, 0.4) is 0 Å². The second-order valence-corrected chi connectivity index (χ2v) is 9.23. The number of rotatable bonds is 5. The number of nitrogens with zero attached hydrogens (tertiary/aromatic N) is 5. The summed E-state index contributed by atoms with van der Waals surface area (Å²) in [6.07, 6.45) is 0. The van der Waals surface area contributed by atoms with E-state index in [0.29, 0.717) is 54.4 Å². The largest absolute Gasteiger partial charge is 0.482 e. The van der Waals surface area contributed by atoms with Crippen molar-refractivity contribution >= 4 is 29.1 Å². The predicted molar refractivity (Wildman–Crippen MR) is 130 cm³/mol. The van der Waals surface area contributed by atoms with E-state index in [4.69, 9.17) is 20.9 Å². The van der Waals surface area contributed by atoms with Crippen molar-refractivity contribution in [2.24, 2.45) is 0 Å². The fraction of sp³-hybridized carbons (Fsp3) is 0.360. The van der Waals surface area contributed by atoms with Gasteiger partial charge in [0.25, 0.3) is 5.91 Å². The Kier molecular flexibility index (Phi) is 6.44. The van der Waals surface area contributed by atoms with Gasteiger partial charge in [-0.05, 0) is 32.0 Å². The van der Waals surface area contributed by atoms with Crippen molar-refractivity contribution in [2.45, 2.75) is 19.9 Å². The van der Waals surface area contributed by atoms with E-state index >= 15 is 0 Å². The van der Waals surface area contributed by atoms with Crippen LogP contribution >= 0.6 is 11.6 Å². The molecule has 3 heterocycles. The summed E-state index contributed by atoms with van der Waals surface area (Å²) >= 11 is 6.10. The summed E-state index contributed by atoms with van der Waals surface area (Å²) in [7, 11) is 0. The summed E-state index contributed by atoms with van der Waals surface area (Å²) in [6, 6.07) is 13.0. The quantitative estimate of drug-likeness (QED) is 0.536. The number of piperazine rings is 1. The molecule has 1 fully saturated rings. The molecule has 5 rings (SSSR count). The van der Waals surface area contributed by atoms with Crippen molar-refractivity contribution in [3.8, 4) is 17.1 Å². The third-order valence-electron chi connectivity index (χ3n) is 6.48. The van der Waals surface area contributed by atoms with Crippen LogP contribution in [0.15, 0.2) is 47.0 Å². The van der Waals surface area contributed by atoms with Crippen LogP contribution in [-0.2, 0) is 9.59 Å². The fourth-order valence-electron chi connectivity index (χ4n) is 4.32. The molecule has 0 spiro atoms. The number of aromatic nitrogens is 2. The first-order valence-electron chi connectivity index (χ1n) is 11.5. The van der Waals surface area contributed by atoms with Gasteiger partial charge in [-0.2, -0.15) is 4.98 Å². The van der Waals surface area contributed by atoms with E-state index in [1.54, 1.807) is 23.1 Å². The van der Waals surface area contributed by atoms with Gasteiger partial charge in [-0.3, -0.25) is 19.4 Å². The normalized spacial score (nSPS) is 17.2. The first-order valence-corrected chi connectivity index (χ1v) is 11.9. The van der Waals surface area contributed by atoms with Crippen LogP contribution in [0.5, 0.6) is 5.75 Å². The molecule has 2 aliphatic heterocycles. The van der Waals surface area contributed by atoms with Crippen LogP contribution in [0.25, 0.3) is 11.4 Å². The predicted octanol–water partition coefficient (Wildman–Crippen LogP) is 3.33. The van der Waals surface area contributed by atoms with Gasteiger partial charge in [0.1, 0.15) is 12.3 Å². The fourth-order valence-corrected chi connectivity index (χ4v) is 4.49. The number of carbonyl (C=O) groups excluding carboxylic acids is 2. The van der Waals surface area contributed by atoms with Gasteiger partial charge in [0.15, 0.2) is 6.61 Å². The summed E-state index contributed by atoms with van der Waals surface area (Å²) < 4.78 is 11.0. The number of benzene rings is 2. The van der Waals surface area contributed by atoms with Crippen molar-refractivity contribution in [1.82, 2.24) is 19.9 Å². The monoisotopic (exact) mass is 495 g/mol. The lowest BCUT2D eigenvalue weighted by molar-refractivity contribution is -0.133. The summed E-state index contributed by atoms with van der Waals surface area (Å²) in [6.45, 7) is 6.33. The first-order chi connectivity index (χ1) is 16.9. The minimum Gasteiger partial charge on any atom is -0.482 e. The lowest BCUT2D eigenvalue weighted by atomic mass is 10.1. The molecule has 0 radical (unpaired) electrons. The standard InChI is InChI=1S/C25H26ClN5O4/c1-16-3-5-18(6-4-16)24-27-25(35-28-24)17(2)29-9-11-30(12-10-29)22(32)14-31-20-13-19(26)7-8-21(20)34-15-23(31)33/h3-8,13,17H,9-12,14-15H2,1-2H3. The molecule has 9 nitrogen and oxygen atoms in total. The maximum Gasteiger partial charge on any atom is 0.265 e. The number of carbonyl (C=O) groups is 2. The number of amides is 2. The highest BCUT2D eigenvalue weighted by atomic mass is 35.5. The molecule has 3 aromatic rings. The third kappa shape index (κ3) is 4.87.